The molecule has 0 aliphatic heterocycles. The van der Waals surface area contributed by atoms with E-state index in [1.807, 2.05) is 24.3 Å². The van der Waals surface area contributed by atoms with Crippen molar-refractivity contribution in [1.82, 2.24) is 20.3 Å². The first-order valence-corrected chi connectivity index (χ1v) is 7.16. The van der Waals surface area contributed by atoms with E-state index in [9.17, 15) is 4.79 Å². The lowest BCUT2D eigenvalue weighted by molar-refractivity contribution is -0.116. The molecule has 2 N–H and O–H groups in total. The van der Waals surface area contributed by atoms with Gasteiger partial charge < -0.3 is 10.6 Å². The van der Waals surface area contributed by atoms with Crippen molar-refractivity contribution in [2.45, 2.75) is 32.7 Å². The van der Waals surface area contributed by atoms with Gasteiger partial charge in [-0.15, -0.1) is 5.10 Å². The number of benzene rings is 1. The Bertz CT molecular complexity index is 565. The predicted molar refractivity (Wildman–Crippen MR) is 82.4 cm³/mol. The van der Waals surface area contributed by atoms with E-state index >= 15 is 0 Å². The topological polar surface area (TPSA) is 71.8 Å². The van der Waals surface area contributed by atoms with Crippen LogP contribution in [0, 0.1) is 0 Å². The molecule has 6 heteroatoms. The zero-order valence-corrected chi connectivity index (χ0v) is 12.4. The molecule has 2 rings (SSSR count). The number of amides is 1. The molecule has 0 atom stereocenters. The van der Waals surface area contributed by atoms with Crippen LogP contribution in [0.3, 0.4) is 0 Å². The third-order valence-corrected chi connectivity index (χ3v) is 2.98. The molecule has 0 radical (unpaired) electrons. The SMILES string of the molecule is CC(C)NCCCC(=O)Nc1ccccc1-n1ccnn1. The maximum absolute atomic E-state index is 12.0. The number of rotatable bonds is 7. The summed E-state index contributed by atoms with van der Waals surface area (Å²) >= 11 is 0. The molecule has 0 spiro atoms. The summed E-state index contributed by atoms with van der Waals surface area (Å²) in [7, 11) is 0. The largest absolute Gasteiger partial charge is 0.324 e. The van der Waals surface area contributed by atoms with Crippen LogP contribution in [0.5, 0.6) is 0 Å². The van der Waals surface area contributed by atoms with E-state index in [2.05, 4.69) is 34.8 Å². The summed E-state index contributed by atoms with van der Waals surface area (Å²) in [6, 6.07) is 7.99. The van der Waals surface area contributed by atoms with Crippen molar-refractivity contribution in [2.75, 3.05) is 11.9 Å². The minimum atomic E-state index is 0.00752. The van der Waals surface area contributed by atoms with E-state index in [-0.39, 0.29) is 5.91 Å². The van der Waals surface area contributed by atoms with Crippen molar-refractivity contribution in [1.29, 1.82) is 0 Å². The van der Waals surface area contributed by atoms with Gasteiger partial charge in [-0.2, -0.15) is 0 Å². The number of nitrogens with zero attached hydrogens (tertiary/aromatic N) is 3. The molecule has 6 nitrogen and oxygen atoms in total. The summed E-state index contributed by atoms with van der Waals surface area (Å²) in [6.45, 7) is 5.03. The zero-order chi connectivity index (χ0) is 15.1. The Morgan fingerprint density at radius 3 is 2.86 bits per heavy atom. The van der Waals surface area contributed by atoms with Gasteiger partial charge in [0.25, 0.3) is 0 Å². The number of aromatic nitrogens is 3. The summed E-state index contributed by atoms with van der Waals surface area (Å²) in [5.41, 5.74) is 1.55. The van der Waals surface area contributed by atoms with Gasteiger partial charge in [-0.3, -0.25) is 4.79 Å². The molecule has 0 unspecified atom stereocenters. The first kappa shape index (κ1) is 15.2. The molecule has 0 fully saturated rings. The molecule has 1 aromatic carbocycles. The van der Waals surface area contributed by atoms with Crippen LogP contribution in [-0.4, -0.2) is 33.5 Å². The van der Waals surface area contributed by atoms with Gasteiger partial charge >= 0.3 is 0 Å². The van der Waals surface area contributed by atoms with Gasteiger partial charge in [-0.25, -0.2) is 4.68 Å². The van der Waals surface area contributed by atoms with E-state index in [1.54, 1.807) is 17.1 Å². The Morgan fingerprint density at radius 1 is 1.33 bits per heavy atom. The Labute approximate surface area is 124 Å². The van der Waals surface area contributed by atoms with Crippen LogP contribution in [0.25, 0.3) is 5.69 Å². The van der Waals surface area contributed by atoms with Crippen LogP contribution in [0.1, 0.15) is 26.7 Å². The molecule has 0 aliphatic rings. The quantitative estimate of drug-likeness (QED) is 0.764. The number of hydrogen-bond donors (Lipinski definition) is 2. The second kappa shape index (κ2) is 7.54. The Morgan fingerprint density at radius 2 is 2.14 bits per heavy atom. The lowest BCUT2D eigenvalue weighted by Gasteiger charge is -2.11. The van der Waals surface area contributed by atoms with Crippen molar-refractivity contribution < 1.29 is 4.79 Å². The normalized spacial score (nSPS) is 10.8. The van der Waals surface area contributed by atoms with Crippen LogP contribution in [0.15, 0.2) is 36.7 Å². The zero-order valence-electron chi connectivity index (χ0n) is 12.4. The highest BCUT2D eigenvalue weighted by atomic mass is 16.1. The van der Waals surface area contributed by atoms with E-state index in [0.717, 1.165) is 24.3 Å². The smallest absolute Gasteiger partial charge is 0.224 e. The summed E-state index contributed by atoms with van der Waals surface area (Å²) in [4.78, 5) is 12.0. The summed E-state index contributed by atoms with van der Waals surface area (Å²) in [5.74, 6) is 0.00752. The number of anilines is 1. The first-order valence-electron chi connectivity index (χ1n) is 7.16. The minimum absolute atomic E-state index is 0.00752. The van der Waals surface area contributed by atoms with E-state index in [1.165, 1.54) is 0 Å². The maximum atomic E-state index is 12.0. The van der Waals surface area contributed by atoms with Gasteiger partial charge in [0, 0.05) is 12.5 Å². The van der Waals surface area contributed by atoms with Crippen molar-refractivity contribution in [3.8, 4) is 5.69 Å². The van der Waals surface area contributed by atoms with Crippen LogP contribution in [0.2, 0.25) is 0 Å². The standard InChI is InChI=1S/C15H21N5O/c1-12(2)16-9-5-8-15(21)18-13-6-3-4-7-14(13)20-11-10-17-19-20/h3-4,6-7,10-12,16H,5,8-9H2,1-2H3,(H,18,21). The fourth-order valence-electron chi connectivity index (χ4n) is 1.97. The van der Waals surface area contributed by atoms with Gasteiger partial charge in [-0.1, -0.05) is 31.2 Å². The molecule has 21 heavy (non-hydrogen) atoms. The number of para-hydroxylation sites is 2. The molecule has 1 aromatic heterocycles. The van der Waals surface area contributed by atoms with Crippen LogP contribution >= 0.6 is 0 Å². The Kier molecular flexibility index (Phi) is 5.45. The summed E-state index contributed by atoms with van der Waals surface area (Å²) in [5, 5.41) is 14.0. The fourth-order valence-corrected chi connectivity index (χ4v) is 1.97. The third-order valence-electron chi connectivity index (χ3n) is 2.98. The van der Waals surface area contributed by atoms with E-state index in [0.29, 0.717) is 12.5 Å². The highest BCUT2D eigenvalue weighted by Crippen LogP contribution is 2.18. The van der Waals surface area contributed by atoms with E-state index < -0.39 is 0 Å². The van der Waals surface area contributed by atoms with Crippen molar-refractivity contribution in [3.05, 3.63) is 36.7 Å². The number of nitrogens with one attached hydrogen (secondary N) is 2. The lowest BCUT2D eigenvalue weighted by Crippen LogP contribution is -2.24. The number of hydrogen-bond acceptors (Lipinski definition) is 4. The molecular weight excluding hydrogens is 266 g/mol. The van der Waals surface area contributed by atoms with Crippen LogP contribution in [-0.2, 0) is 4.79 Å². The summed E-state index contributed by atoms with van der Waals surface area (Å²) in [6.07, 6.45) is 4.66. The van der Waals surface area contributed by atoms with Gasteiger partial charge in [-0.05, 0) is 25.1 Å². The Balaban J connectivity index is 1.92. The number of carbonyl (C=O) groups is 1. The number of carbonyl (C=O) groups excluding carboxylic acids is 1. The Hall–Kier alpha value is -2.21. The van der Waals surface area contributed by atoms with Crippen LogP contribution in [0.4, 0.5) is 5.69 Å². The highest BCUT2D eigenvalue weighted by molar-refractivity contribution is 5.92. The van der Waals surface area contributed by atoms with Crippen LogP contribution < -0.4 is 10.6 Å². The fraction of sp³-hybridized carbons (Fsp3) is 0.400. The molecule has 1 heterocycles. The van der Waals surface area contributed by atoms with Gasteiger partial charge in [0.05, 0.1) is 23.8 Å². The summed E-state index contributed by atoms with van der Waals surface area (Å²) < 4.78 is 1.63. The second-order valence-corrected chi connectivity index (χ2v) is 5.13. The molecule has 0 saturated heterocycles. The van der Waals surface area contributed by atoms with Crippen molar-refractivity contribution in [2.24, 2.45) is 0 Å². The predicted octanol–water partition coefficient (Wildman–Crippen LogP) is 1.98. The molecule has 2 aromatic rings. The molecule has 0 saturated carbocycles. The van der Waals surface area contributed by atoms with Gasteiger partial charge in [0.1, 0.15) is 0 Å². The molecule has 0 aliphatic carbocycles. The highest BCUT2D eigenvalue weighted by Gasteiger charge is 2.08. The maximum Gasteiger partial charge on any atom is 0.224 e. The molecule has 1 amide bonds. The van der Waals surface area contributed by atoms with E-state index in [4.69, 9.17) is 0 Å². The average Bonchev–Trinajstić information content (AvgIpc) is 2.98. The van der Waals surface area contributed by atoms with Gasteiger partial charge in [0.15, 0.2) is 0 Å². The average molecular weight is 287 g/mol. The van der Waals surface area contributed by atoms with Crippen molar-refractivity contribution >= 4 is 11.6 Å². The van der Waals surface area contributed by atoms with Gasteiger partial charge in [0.2, 0.25) is 5.91 Å². The molecular formula is C15H21N5O. The molecule has 0 bridgehead atoms. The monoisotopic (exact) mass is 287 g/mol. The third kappa shape index (κ3) is 4.68. The van der Waals surface area contributed by atoms with Crippen molar-refractivity contribution in [3.63, 3.8) is 0 Å². The molecule has 112 valence electrons. The minimum Gasteiger partial charge on any atom is -0.324 e. The first-order chi connectivity index (χ1) is 10.2. The lowest BCUT2D eigenvalue weighted by atomic mass is 10.2. The second-order valence-electron chi connectivity index (χ2n) is 5.13.